The largest absolute Gasteiger partial charge is 0.353 e. The normalized spacial score (nSPS) is 21.5. The molecule has 0 bridgehead atoms. The number of thioether (sulfide) groups is 1. The SMILES string of the molecule is CCN(CC)CCC(=O)NC1CCC(n2c(=O)c3cc(F)cnc3n(C3CCSCC3)c2=O)CC1. The lowest BCUT2D eigenvalue weighted by molar-refractivity contribution is -0.122. The van der Waals surface area contributed by atoms with Crippen LogP contribution in [0.3, 0.4) is 0 Å². The number of rotatable bonds is 8. The predicted molar refractivity (Wildman–Crippen MR) is 138 cm³/mol. The van der Waals surface area contributed by atoms with E-state index < -0.39 is 11.4 Å². The smallest absolute Gasteiger partial charge is 0.333 e. The fraction of sp³-hybridized carbons (Fsp3) is 0.680. The van der Waals surface area contributed by atoms with E-state index in [1.54, 1.807) is 4.57 Å². The Bertz CT molecular complexity index is 1150. The first-order chi connectivity index (χ1) is 16.9. The van der Waals surface area contributed by atoms with Crippen LogP contribution in [-0.2, 0) is 4.79 Å². The van der Waals surface area contributed by atoms with Crippen LogP contribution < -0.4 is 16.6 Å². The van der Waals surface area contributed by atoms with E-state index in [0.29, 0.717) is 32.1 Å². The summed E-state index contributed by atoms with van der Waals surface area (Å²) in [6, 6.07) is 0.938. The van der Waals surface area contributed by atoms with E-state index in [1.807, 2.05) is 11.8 Å². The lowest BCUT2D eigenvalue weighted by Crippen LogP contribution is -2.46. The second kappa shape index (κ2) is 11.7. The van der Waals surface area contributed by atoms with Crippen LogP contribution in [0.15, 0.2) is 21.9 Å². The first-order valence-electron chi connectivity index (χ1n) is 12.8. The van der Waals surface area contributed by atoms with Crippen molar-refractivity contribution in [2.75, 3.05) is 31.1 Å². The maximum Gasteiger partial charge on any atom is 0.333 e. The van der Waals surface area contributed by atoms with Gasteiger partial charge in [-0.2, -0.15) is 11.8 Å². The first-order valence-corrected chi connectivity index (χ1v) is 14.0. The molecule has 0 spiro atoms. The molecule has 10 heteroatoms. The second-order valence-electron chi connectivity index (χ2n) is 9.55. The average molecular weight is 506 g/mol. The molecule has 8 nitrogen and oxygen atoms in total. The highest BCUT2D eigenvalue weighted by Crippen LogP contribution is 2.30. The monoisotopic (exact) mass is 505 g/mol. The Labute approximate surface area is 209 Å². The van der Waals surface area contributed by atoms with Crippen LogP contribution in [0.4, 0.5) is 4.39 Å². The Morgan fingerprint density at radius 3 is 2.40 bits per heavy atom. The Morgan fingerprint density at radius 1 is 1.09 bits per heavy atom. The van der Waals surface area contributed by atoms with Gasteiger partial charge in [-0.05, 0) is 69.2 Å². The van der Waals surface area contributed by atoms with Crippen molar-refractivity contribution in [1.82, 2.24) is 24.3 Å². The summed E-state index contributed by atoms with van der Waals surface area (Å²) < 4.78 is 17.0. The molecule has 1 amide bonds. The number of nitrogens with one attached hydrogen (secondary N) is 1. The third kappa shape index (κ3) is 5.80. The number of pyridine rings is 1. The Morgan fingerprint density at radius 2 is 1.74 bits per heavy atom. The van der Waals surface area contributed by atoms with Gasteiger partial charge in [0.25, 0.3) is 5.56 Å². The highest BCUT2D eigenvalue weighted by Gasteiger charge is 2.29. The molecule has 2 aliphatic rings. The summed E-state index contributed by atoms with van der Waals surface area (Å²) in [5.41, 5.74) is -0.529. The van der Waals surface area contributed by atoms with E-state index in [0.717, 1.165) is 50.2 Å². The molecule has 1 aliphatic heterocycles. The number of aromatic nitrogens is 3. The van der Waals surface area contributed by atoms with Gasteiger partial charge < -0.3 is 10.2 Å². The van der Waals surface area contributed by atoms with Gasteiger partial charge >= 0.3 is 5.69 Å². The van der Waals surface area contributed by atoms with Crippen LogP contribution in [-0.4, -0.2) is 62.1 Å². The topological polar surface area (TPSA) is 89.2 Å². The molecule has 192 valence electrons. The number of nitrogens with zero attached hydrogens (tertiary/aromatic N) is 4. The molecule has 0 atom stereocenters. The molecule has 0 aromatic carbocycles. The molecule has 0 unspecified atom stereocenters. The highest BCUT2D eigenvalue weighted by atomic mass is 32.2. The van der Waals surface area contributed by atoms with Crippen molar-refractivity contribution in [1.29, 1.82) is 0 Å². The average Bonchev–Trinajstić information content (AvgIpc) is 2.87. The van der Waals surface area contributed by atoms with Crippen LogP contribution in [0, 0.1) is 5.82 Å². The van der Waals surface area contributed by atoms with E-state index >= 15 is 0 Å². The maximum atomic E-state index is 14.1. The molecule has 35 heavy (non-hydrogen) atoms. The van der Waals surface area contributed by atoms with E-state index in [-0.39, 0.29) is 40.8 Å². The van der Waals surface area contributed by atoms with Gasteiger partial charge in [-0.15, -0.1) is 0 Å². The molecular formula is C25H36FN5O3S. The number of hydrogen-bond acceptors (Lipinski definition) is 6. The zero-order valence-corrected chi connectivity index (χ0v) is 21.5. The quantitative estimate of drug-likeness (QED) is 0.593. The summed E-state index contributed by atoms with van der Waals surface area (Å²) in [6.07, 6.45) is 5.82. The Hall–Kier alpha value is -2.20. The van der Waals surface area contributed by atoms with Crippen molar-refractivity contribution in [3.05, 3.63) is 38.9 Å². The number of carbonyl (C=O) groups excluding carboxylic acids is 1. The third-order valence-corrected chi connectivity index (χ3v) is 8.50. The van der Waals surface area contributed by atoms with E-state index in [2.05, 4.69) is 29.0 Å². The lowest BCUT2D eigenvalue weighted by Gasteiger charge is -2.31. The molecule has 2 aromatic rings. The van der Waals surface area contributed by atoms with Gasteiger partial charge in [0.1, 0.15) is 11.5 Å². The zero-order chi connectivity index (χ0) is 24.9. The summed E-state index contributed by atoms with van der Waals surface area (Å²) >= 11 is 1.85. The predicted octanol–water partition coefficient (Wildman–Crippen LogP) is 3.10. The van der Waals surface area contributed by atoms with Gasteiger partial charge in [0.2, 0.25) is 5.91 Å². The van der Waals surface area contributed by atoms with Crippen LogP contribution >= 0.6 is 11.8 Å². The molecule has 2 aromatic heterocycles. The van der Waals surface area contributed by atoms with E-state index in [9.17, 15) is 18.8 Å². The molecule has 1 saturated heterocycles. The van der Waals surface area contributed by atoms with Crippen molar-refractivity contribution < 1.29 is 9.18 Å². The minimum atomic E-state index is -0.582. The van der Waals surface area contributed by atoms with Gasteiger partial charge in [0, 0.05) is 31.1 Å². The molecule has 1 aliphatic carbocycles. The second-order valence-corrected chi connectivity index (χ2v) is 10.8. The van der Waals surface area contributed by atoms with Crippen molar-refractivity contribution >= 4 is 28.7 Å². The van der Waals surface area contributed by atoms with Gasteiger partial charge in [-0.1, -0.05) is 13.8 Å². The van der Waals surface area contributed by atoms with Crippen LogP contribution in [0.5, 0.6) is 0 Å². The molecular weight excluding hydrogens is 469 g/mol. The highest BCUT2D eigenvalue weighted by molar-refractivity contribution is 7.99. The van der Waals surface area contributed by atoms with Crippen molar-refractivity contribution in [3.63, 3.8) is 0 Å². The molecule has 1 saturated carbocycles. The maximum absolute atomic E-state index is 14.1. The zero-order valence-electron chi connectivity index (χ0n) is 20.7. The number of amides is 1. The Kier molecular flexibility index (Phi) is 8.64. The minimum absolute atomic E-state index is 0.0438. The fourth-order valence-electron chi connectivity index (χ4n) is 5.38. The minimum Gasteiger partial charge on any atom is -0.353 e. The molecule has 4 rings (SSSR count). The molecule has 2 fully saturated rings. The van der Waals surface area contributed by atoms with Crippen LogP contribution in [0.1, 0.15) is 70.9 Å². The van der Waals surface area contributed by atoms with Crippen molar-refractivity contribution in [2.45, 2.75) is 76.9 Å². The summed E-state index contributed by atoms with van der Waals surface area (Å²) in [6.45, 7) is 6.76. The van der Waals surface area contributed by atoms with E-state index in [4.69, 9.17) is 0 Å². The summed E-state index contributed by atoms with van der Waals surface area (Å²) in [7, 11) is 0. The number of fused-ring (bicyclic) bond motifs is 1. The summed E-state index contributed by atoms with van der Waals surface area (Å²) in [5.74, 6) is 1.35. The third-order valence-electron chi connectivity index (χ3n) is 7.46. The summed E-state index contributed by atoms with van der Waals surface area (Å²) in [5, 5.41) is 3.29. The van der Waals surface area contributed by atoms with E-state index in [1.165, 1.54) is 10.6 Å². The Balaban J connectivity index is 1.53. The lowest BCUT2D eigenvalue weighted by atomic mass is 9.90. The molecule has 3 heterocycles. The molecule has 1 N–H and O–H groups in total. The van der Waals surface area contributed by atoms with Gasteiger partial charge in [-0.3, -0.25) is 18.7 Å². The number of carbonyl (C=O) groups is 1. The fourth-order valence-corrected chi connectivity index (χ4v) is 6.46. The number of halogens is 1. The van der Waals surface area contributed by atoms with Crippen molar-refractivity contribution in [3.8, 4) is 0 Å². The standard InChI is InChI=1S/C25H36FN5O3S/c1-3-29(4-2)12-9-22(32)28-18-5-7-19(8-6-18)31-24(33)21-15-17(26)16-27-23(21)30(25(31)34)20-10-13-35-14-11-20/h15-16,18-20H,3-14H2,1-2H3,(H,28,32). The first kappa shape index (κ1) is 25.9. The van der Waals surface area contributed by atoms with Crippen LogP contribution in [0.25, 0.3) is 11.0 Å². The molecule has 0 radical (unpaired) electrons. The number of hydrogen-bond donors (Lipinski definition) is 1. The van der Waals surface area contributed by atoms with Gasteiger partial charge in [0.05, 0.1) is 11.6 Å². The van der Waals surface area contributed by atoms with Crippen LogP contribution in [0.2, 0.25) is 0 Å². The van der Waals surface area contributed by atoms with Crippen molar-refractivity contribution in [2.24, 2.45) is 0 Å². The van der Waals surface area contributed by atoms with Gasteiger partial charge in [-0.25, -0.2) is 14.2 Å². The van der Waals surface area contributed by atoms with Gasteiger partial charge in [0.15, 0.2) is 0 Å². The summed E-state index contributed by atoms with van der Waals surface area (Å²) in [4.78, 5) is 45.8.